The Morgan fingerprint density at radius 3 is 2.34 bits per heavy atom. The quantitative estimate of drug-likeness (QED) is 0.536. The fourth-order valence-corrected chi connectivity index (χ4v) is 8.08. The highest BCUT2D eigenvalue weighted by atomic mass is 32.1. The number of likely N-dealkylation sites (tertiary alicyclic amines) is 1. The molecule has 2 unspecified atom stereocenters. The van der Waals surface area contributed by atoms with Crippen molar-refractivity contribution in [1.82, 2.24) is 4.90 Å². The van der Waals surface area contributed by atoms with Crippen LogP contribution in [0.1, 0.15) is 78.6 Å². The molecule has 5 aliphatic rings. The van der Waals surface area contributed by atoms with Crippen LogP contribution in [0, 0.1) is 47.3 Å². The molecule has 35 heavy (non-hydrogen) atoms. The van der Waals surface area contributed by atoms with Crippen molar-refractivity contribution < 1.29 is 23.8 Å². The average molecular weight is 508 g/mol. The number of hydrogen-bond acceptors (Lipinski definition) is 5. The lowest BCUT2D eigenvalue weighted by molar-refractivity contribution is -0.335. The number of carbonyl (C=O) groups excluding carboxylic acids is 2. The highest BCUT2D eigenvalue weighted by Gasteiger charge is 2.52. The molecule has 7 heteroatoms. The summed E-state index contributed by atoms with van der Waals surface area (Å²) in [6.07, 6.45) is 9.48. The Bertz CT molecular complexity index is 770. The molecule has 0 bridgehead atoms. The lowest BCUT2D eigenvalue weighted by Crippen LogP contribution is -2.53. The van der Waals surface area contributed by atoms with Gasteiger partial charge in [0, 0.05) is 36.8 Å². The molecule has 0 N–H and O–H groups in total. The molecule has 198 valence electrons. The van der Waals surface area contributed by atoms with E-state index in [9.17, 15) is 9.59 Å². The van der Waals surface area contributed by atoms with E-state index in [-0.39, 0.29) is 41.5 Å². The first-order valence-corrected chi connectivity index (χ1v) is 14.7. The molecular formula is C28H45NO5S. The molecule has 9 atom stereocenters. The predicted octanol–water partition coefficient (Wildman–Crippen LogP) is 4.91. The monoisotopic (exact) mass is 507 g/mol. The van der Waals surface area contributed by atoms with Gasteiger partial charge in [0.15, 0.2) is 17.7 Å². The van der Waals surface area contributed by atoms with Crippen LogP contribution in [-0.2, 0) is 23.8 Å². The summed E-state index contributed by atoms with van der Waals surface area (Å²) < 4.78 is 19.4. The van der Waals surface area contributed by atoms with Crippen LogP contribution in [0.2, 0.25) is 0 Å². The molecule has 3 aliphatic heterocycles. The summed E-state index contributed by atoms with van der Waals surface area (Å²) in [4.78, 5) is 26.4. The van der Waals surface area contributed by atoms with Crippen molar-refractivity contribution in [2.45, 2.75) is 97.2 Å². The second kappa shape index (κ2) is 11.0. The normalized spacial score (nSPS) is 46.1. The van der Waals surface area contributed by atoms with E-state index in [2.05, 4.69) is 33.4 Å². The van der Waals surface area contributed by atoms with Gasteiger partial charge in [-0.1, -0.05) is 20.3 Å². The molecule has 3 heterocycles. The molecule has 0 aromatic carbocycles. The number of thiol groups is 1. The number of rotatable bonds is 5. The van der Waals surface area contributed by atoms with E-state index in [1.54, 1.807) is 0 Å². The highest BCUT2D eigenvalue weighted by molar-refractivity contribution is 7.96. The molecule has 5 fully saturated rings. The first kappa shape index (κ1) is 26.0. The summed E-state index contributed by atoms with van der Waals surface area (Å²) in [6.45, 7) is 8.87. The summed E-state index contributed by atoms with van der Waals surface area (Å²) in [5.74, 6) is 3.68. The van der Waals surface area contributed by atoms with Gasteiger partial charge in [-0.2, -0.15) is 0 Å². The van der Waals surface area contributed by atoms with Crippen molar-refractivity contribution in [2.75, 3.05) is 19.7 Å². The maximum absolute atomic E-state index is 13.0. The van der Waals surface area contributed by atoms with Crippen LogP contribution in [0.5, 0.6) is 0 Å². The Balaban J connectivity index is 1.12. The summed E-state index contributed by atoms with van der Waals surface area (Å²) >= 11 is 3.96. The molecule has 2 aliphatic carbocycles. The molecule has 0 aromatic rings. The van der Waals surface area contributed by atoms with Crippen LogP contribution in [0.4, 0.5) is 0 Å². The van der Waals surface area contributed by atoms with E-state index < -0.39 is 0 Å². The van der Waals surface area contributed by atoms with Gasteiger partial charge >= 0.3 is 0 Å². The SMILES string of the molecule is CC1CC[C@@H]2C3[C@@H](O1)O[C@H](OCC1CCC(C(=O)N4CC[C@@H](C(=O)S)C4)CC1)[C@H](C)[C@@H]3CC[C@H]2C. The van der Waals surface area contributed by atoms with Crippen LogP contribution in [0.3, 0.4) is 0 Å². The Labute approximate surface area is 216 Å². The summed E-state index contributed by atoms with van der Waals surface area (Å²) in [6, 6.07) is 0. The van der Waals surface area contributed by atoms with Gasteiger partial charge in [0.25, 0.3) is 0 Å². The minimum Gasteiger partial charge on any atom is -0.352 e. The number of nitrogens with zero attached hydrogens (tertiary/aromatic N) is 1. The van der Waals surface area contributed by atoms with E-state index in [1.165, 1.54) is 19.3 Å². The summed E-state index contributed by atoms with van der Waals surface area (Å²) in [5, 5.41) is -0.0893. The third-order valence-corrected chi connectivity index (χ3v) is 10.5. The number of ether oxygens (including phenoxy) is 3. The molecular weight excluding hydrogens is 462 g/mol. The van der Waals surface area contributed by atoms with E-state index in [0.29, 0.717) is 49.3 Å². The first-order valence-electron chi connectivity index (χ1n) is 14.3. The fourth-order valence-electron chi connectivity index (χ4n) is 7.87. The Morgan fingerprint density at radius 1 is 0.886 bits per heavy atom. The fraction of sp³-hybridized carbons (Fsp3) is 0.929. The van der Waals surface area contributed by atoms with E-state index in [0.717, 1.165) is 44.4 Å². The topological polar surface area (TPSA) is 65.1 Å². The van der Waals surface area contributed by atoms with Crippen LogP contribution in [-0.4, -0.2) is 54.3 Å². The molecule has 0 spiro atoms. The van der Waals surface area contributed by atoms with Gasteiger partial charge in [0.05, 0.1) is 12.7 Å². The number of carbonyl (C=O) groups is 2. The highest BCUT2D eigenvalue weighted by Crippen LogP contribution is 2.52. The molecule has 2 saturated carbocycles. The van der Waals surface area contributed by atoms with Gasteiger partial charge in [-0.25, -0.2) is 0 Å². The summed E-state index contributed by atoms with van der Waals surface area (Å²) in [5.41, 5.74) is 0. The van der Waals surface area contributed by atoms with Crippen molar-refractivity contribution in [2.24, 2.45) is 47.3 Å². The van der Waals surface area contributed by atoms with Crippen LogP contribution in [0.25, 0.3) is 0 Å². The molecule has 6 nitrogen and oxygen atoms in total. The van der Waals surface area contributed by atoms with Crippen molar-refractivity contribution in [3.8, 4) is 0 Å². The van der Waals surface area contributed by atoms with Gasteiger partial charge < -0.3 is 19.1 Å². The van der Waals surface area contributed by atoms with Crippen LogP contribution >= 0.6 is 12.6 Å². The van der Waals surface area contributed by atoms with E-state index in [4.69, 9.17) is 14.2 Å². The molecule has 1 amide bonds. The standard InChI is InChI=1S/C28H45NO5S/c1-16-4-10-23-18(3)27(34-28-24(23)22(16)11-5-17(2)33-28)32-15-19-6-8-20(9-7-19)25(30)29-13-12-21(14-29)26(31)35/h16-24,27-28H,4-15H2,1-3H3,(H,31,35)/t16-,17?,18-,19?,20?,21-,22+,23+,24?,27+,28+/m1/s1. The van der Waals surface area contributed by atoms with Gasteiger partial charge in [-0.3, -0.25) is 9.59 Å². The van der Waals surface area contributed by atoms with Crippen molar-refractivity contribution >= 4 is 23.7 Å². The maximum Gasteiger partial charge on any atom is 0.225 e. The van der Waals surface area contributed by atoms with Crippen LogP contribution < -0.4 is 0 Å². The minimum atomic E-state index is -0.194. The van der Waals surface area contributed by atoms with Crippen molar-refractivity contribution in [3.05, 3.63) is 0 Å². The Kier molecular flexibility index (Phi) is 8.17. The Hall–Kier alpha value is -0.630. The van der Waals surface area contributed by atoms with Crippen molar-refractivity contribution in [3.63, 3.8) is 0 Å². The lowest BCUT2D eigenvalue weighted by Gasteiger charge is -2.52. The molecule has 5 rings (SSSR count). The van der Waals surface area contributed by atoms with Gasteiger partial charge in [0.2, 0.25) is 5.91 Å². The second-order valence-corrected chi connectivity index (χ2v) is 12.8. The third-order valence-electron chi connectivity index (χ3n) is 10.2. The van der Waals surface area contributed by atoms with Crippen molar-refractivity contribution in [1.29, 1.82) is 0 Å². The Morgan fingerprint density at radius 2 is 1.63 bits per heavy atom. The van der Waals surface area contributed by atoms with Crippen LogP contribution in [0.15, 0.2) is 0 Å². The van der Waals surface area contributed by atoms with Gasteiger partial charge in [-0.15, -0.1) is 12.6 Å². The molecule has 0 aromatic heterocycles. The largest absolute Gasteiger partial charge is 0.352 e. The van der Waals surface area contributed by atoms with Gasteiger partial charge in [-0.05, 0) is 82.0 Å². The van der Waals surface area contributed by atoms with Gasteiger partial charge in [0.1, 0.15) is 0 Å². The smallest absolute Gasteiger partial charge is 0.225 e. The average Bonchev–Trinajstić information content (AvgIpc) is 3.28. The van der Waals surface area contributed by atoms with E-state index >= 15 is 0 Å². The minimum absolute atomic E-state index is 0.0893. The molecule has 3 saturated heterocycles. The number of amides is 1. The van der Waals surface area contributed by atoms with E-state index in [1.807, 2.05) is 4.90 Å². The second-order valence-electron chi connectivity index (χ2n) is 12.4. The maximum atomic E-state index is 13.0. The zero-order chi connectivity index (χ0) is 24.7. The number of hydrogen-bond donors (Lipinski definition) is 1. The zero-order valence-corrected chi connectivity index (χ0v) is 22.7. The molecule has 0 radical (unpaired) electrons. The summed E-state index contributed by atoms with van der Waals surface area (Å²) in [7, 11) is 0. The predicted molar refractivity (Wildman–Crippen MR) is 137 cm³/mol. The third kappa shape index (κ3) is 5.49. The first-order chi connectivity index (χ1) is 16.8. The zero-order valence-electron chi connectivity index (χ0n) is 21.8. The lowest BCUT2D eigenvalue weighted by atomic mass is 9.61.